The highest BCUT2D eigenvalue weighted by Gasteiger charge is 2.36. The number of ether oxygens (including phenoxy) is 1. The van der Waals surface area contributed by atoms with E-state index in [9.17, 15) is 10.2 Å². The van der Waals surface area contributed by atoms with Crippen LogP contribution in [0.15, 0.2) is 49.2 Å². The second kappa shape index (κ2) is 12.2. The topological polar surface area (TPSA) is 69.1 Å². The SMILES string of the molecule is C=C(C)c1ccc(N2CCCC(C(C)(O)CC[C@@H](C)c3ccc(N4CCC[C@](O)(COC)C4)cn3)C2)cc1. The van der Waals surface area contributed by atoms with Crippen LogP contribution in [-0.4, -0.2) is 66.3 Å². The molecule has 2 unspecified atom stereocenters. The maximum Gasteiger partial charge on any atom is 0.105 e. The van der Waals surface area contributed by atoms with Crippen LogP contribution in [0.3, 0.4) is 0 Å². The van der Waals surface area contributed by atoms with Gasteiger partial charge in [0.2, 0.25) is 0 Å². The van der Waals surface area contributed by atoms with Crippen molar-refractivity contribution in [3.05, 3.63) is 60.4 Å². The fourth-order valence-electron chi connectivity index (χ4n) is 6.13. The number of rotatable bonds is 10. The average Bonchev–Trinajstić information content (AvgIpc) is 2.92. The Morgan fingerprint density at radius 2 is 1.87 bits per heavy atom. The Morgan fingerprint density at radius 1 is 1.16 bits per heavy atom. The van der Waals surface area contributed by atoms with E-state index in [0.717, 1.165) is 75.1 Å². The zero-order chi connectivity index (χ0) is 27.3. The lowest BCUT2D eigenvalue weighted by atomic mass is 9.78. The number of hydrogen-bond donors (Lipinski definition) is 2. The van der Waals surface area contributed by atoms with Crippen molar-refractivity contribution < 1.29 is 14.9 Å². The van der Waals surface area contributed by atoms with E-state index in [4.69, 9.17) is 9.72 Å². The largest absolute Gasteiger partial charge is 0.390 e. The molecule has 208 valence electrons. The summed E-state index contributed by atoms with van der Waals surface area (Å²) in [5.74, 6) is 0.501. The van der Waals surface area contributed by atoms with Crippen molar-refractivity contribution in [2.24, 2.45) is 5.92 Å². The first-order valence-electron chi connectivity index (χ1n) is 14.3. The van der Waals surface area contributed by atoms with Gasteiger partial charge in [0, 0.05) is 50.6 Å². The van der Waals surface area contributed by atoms with Gasteiger partial charge in [0.15, 0.2) is 0 Å². The lowest BCUT2D eigenvalue weighted by molar-refractivity contribution is -0.0393. The molecule has 0 aliphatic carbocycles. The number of aromatic nitrogens is 1. The fourth-order valence-corrected chi connectivity index (χ4v) is 6.13. The normalized spacial score (nSPS) is 24.6. The summed E-state index contributed by atoms with van der Waals surface area (Å²) >= 11 is 0. The molecule has 0 amide bonds. The third-order valence-corrected chi connectivity index (χ3v) is 8.72. The number of anilines is 2. The number of hydrogen-bond acceptors (Lipinski definition) is 6. The summed E-state index contributed by atoms with van der Waals surface area (Å²) in [7, 11) is 1.64. The van der Waals surface area contributed by atoms with Gasteiger partial charge in [-0.1, -0.05) is 31.2 Å². The van der Waals surface area contributed by atoms with Gasteiger partial charge in [0.05, 0.1) is 24.1 Å². The molecule has 0 bridgehead atoms. The quantitative estimate of drug-likeness (QED) is 0.422. The predicted molar refractivity (Wildman–Crippen MR) is 157 cm³/mol. The van der Waals surface area contributed by atoms with E-state index in [1.165, 1.54) is 11.3 Å². The maximum absolute atomic E-state index is 11.5. The van der Waals surface area contributed by atoms with Crippen LogP contribution in [0.2, 0.25) is 0 Å². The van der Waals surface area contributed by atoms with Gasteiger partial charge in [-0.25, -0.2) is 0 Å². The summed E-state index contributed by atoms with van der Waals surface area (Å²) in [6.45, 7) is 14.0. The van der Waals surface area contributed by atoms with Crippen molar-refractivity contribution in [3.8, 4) is 0 Å². The number of aliphatic hydroxyl groups is 2. The van der Waals surface area contributed by atoms with E-state index in [1.807, 2.05) is 20.0 Å². The number of benzene rings is 1. The second-order valence-corrected chi connectivity index (χ2v) is 12.0. The van der Waals surface area contributed by atoms with Gasteiger partial charge < -0.3 is 24.7 Å². The van der Waals surface area contributed by atoms with E-state index in [2.05, 4.69) is 59.7 Å². The van der Waals surface area contributed by atoms with Crippen LogP contribution in [0.25, 0.3) is 5.57 Å². The first-order chi connectivity index (χ1) is 18.1. The van der Waals surface area contributed by atoms with Crippen LogP contribution >= 0.6 is 0 Å². The summed E-state index contributed by atoms with van der Waals surface area (Å²) in [6.07, 6.45) is 7.42. The first kappa shape index (κ1) is 28.6. The molecule has 4 atom stereocenters. The number of piperidine rings is 2. The van der Waals surface area contributed by atoms with Gasteiger partial charge in [-0.05, 0) is 88.1 Å². The molecule has 6 nitrogen and oxygen atoms in total. The molecule has 0 radical (unpaired) electrons. The van der Waals surface area contributed by atoms with E-state index in [1.54, 1.807) is 7.11 Å². The van der Waals surface area contributed by atoms with Gasteiger partial charge in [-0.3, -0.25) is 4.98 Å². The number of allylic oxidation sites excluding steroid dienone is 1. The summed E-state index contributed by atoms with van der Waals surface area (Å²) in [5, 5.41) is 22.3. The number of β-amino-alcohol motifs (C(OH)–C–C–N with tert-alkyl or cyclic N) is 1. The zero-order valence-electron chi connectivity index (χ0n) is 23.8. The molecule has 1 aromatic heterocycles. The van der Waals surface area contributed by atoms with Crippen LogP contribution in [0.4, 0.5) is 11.4 Å². The molecular weight excluding hydrogens is 474 g/mol. The zero-order valence-corrected chi connectivity index (χ0v) is 23.8. The number of pyridine rings is 1. The third kappa shape index (κ3) is 6.96. The van der Waals surface area contributed by atoms with Gasteiger partial charge in [-0.2, -0.15) is 0 Å². The third-order valence-electron chi connectivity index (χ3n) is 8.72. The van der Waals surface area contributed by atoms with Crippen molar-refractivity contribution in [2.45, 2.75) is 76.4 Å². The molecule has 0 saturated carbocycles. The molecule has 1 aromatic carbocycles. The summed E-state index contributed by atoms with van der Waals surface area (Å²) in [4.78, 5) is 9.40. The standard InChI is InChI=1S/C32H47N3O3/c1-24(2)26-9-11-28(12-10-26)34-18-6-8-27(21-34)31(4,36)17-15-25(3)30-14-13-29(20-33-30)35-19-7-16-32(37,22-35)23-38-5/h9-14,20,25,27,36-37H,1,6-8,15-19,21-23H2,2-5H3/t25-,27?,31?,32-/m1/s1. The molecule has 3 heterocycles. The molecular formula is C32H47N3O3. The highest BCUT2D eigenvalue weighted by molar-refractivity contribution is 5.64. The summed E-state index contributed by atoms with van der Waals surface area (Å²) < 4.78 is 5.24. The van der Waals surface area contributed by atoms with Crippen molar-refractivity contribution >= 4 is 16.9 Å². The minimum Gasteiger partial charge on any atom is -0.390 e. The molecule has 38 heavy (non-hydrogen) atoms. The first-order valence-corrected chi connectivity index (χ1v) is 14.3. The van der Waals surface area contributed by atoms with E-state index in [0.29, 0.717) is 13.2 Å². The lowest BCUT2D eigenvalue weighted by Gasteiger charge is -2.42. The Balaban J connectivity index is 1.32. The molecule has 2 N–H and O–H groups in total. The highest BCUT2D eigenvalue weighted by atomic mass is 16.5. The smallest absolute Gasteiger partial charge is 0.105 e. The molecule has 2 aliphatic heterocycles. The van der Waals surface area contributed by atoms with Crippen LogP contribution in [0, 0.1) is 5.92 Å². The van der Waals surface area contributed by atoms with Crippen LogP contribution < -0.4 is 9.80 Å². The van der Waals surface area contributed by atoms with E-state index >= 15 is 0 Å². The van der Waals surface area contributed by atoms with Crippen LogP contribution in [0.5, 0.6) is 0 Å². The Bertz CT molecular complexity index is 1050. The average molecular weight is 522 g/mol. The predicted octanol–water partition coefficient (Wildman–Crippen LogP) is 5.64. The monoisotopic (exact) mass is 521 g/mol. The van der Waals surface area contributed by atoms with Gasteiger partial charge >= 0.3 is 0 Å². The van der Waals surface area contributed by atoms with Crippen molar-refractivity contribution in [3.63, 3.8) is 0 Å². The minimum absolute atomic E-state index is 0.240. The summed E-state index contributed by atoms with van der Waals surface area (Å²) in [6, 6.07) is 12.9. The van der Waals surface area contributed by atoms with Crippen molar-refractivity contribution in [1.82, 2.24) is 4.98 Å². The maximum atomic E-state index is 11.5. The van der Waals surface area contributed by atoms with Gasteiger partial charge in [-0.15, -0.1) is 0 Å². The summed E-state index contributed by atoms with van der Waals surface area (Å²) in [5.41, 5.74) is 4.06. The van der Waals surface area contributed by atoms with Crippen molar-refractivity contribution in [2.75, 3.05) is 49.7 Å². The Kier molecular flexibility index (Phi) is 9.17. The van der Waals surface area contributed by atoms with Crippen molar-refractivity contribution in [1.29, 1.82) is 0 Å². The Hall–Kier alpha value is -2.41. The van der Waals surface area contributed by atoms with Crippen LogP contribution in [-0.2, 0) is 4.74 Å². The second-order valence-electron chi connectivity index (χ2n) is 12.0. The fraction of sp³-hybridized carbons (Fsp3) is 0.594. The Labute approximate surface area is 229 Å². The molecule has 2 aliphatic rings. The molecule has 2 fully saturated rings. The van der Waals surface area contributed by atoms with E-state index in [-0.39, 0.29) is 11.8 Å². The lowest BCUT2D eigenvalue weighted by Crippen LogP contribution is -2.51. The van der Waals surface area contributed by atoms with Crippen LogP contribution in [0.1, 0.15) is 76.5 Å². The highest BCUT2D eigenvalue weighted by Crippen LogP contribution is 2.35. The van der Waals surface area contributed by atoms with Gasteiger partial charge in [0.1, 0.15) is 5.60 Å². The number of methoxy groups -OCH3 is 1. The Morgan fingerprint density at radius 3 is 2.53 bits per heavy atom. The minimum atomic E-state index is -0.798. The van der Waals surface area contributed by atoms with Gasteiger partial charge in [0.25, 0.3) is 0 Å². The molecule has 0 spiro atoms. The molecule has 2 aromatic rings. The molecule has 6 heteroatoms. The van der Waals surface area contributed by atoms with E-state index < -0.39 is 11.2 Å². The molecule has 2 saturated heterocycles. The number of nitrogens with zero attached hydrogens (tertiary/aromatic N) is 3. The molecule has 4 rings (SSSR count).